The molecule has 0 aliphatic carbocycles. The van der Waals surface area contributed by atoms with Crippen LogP contribution in [0.2, 0.25) is 0 Å². The maximum absolute atomic E-state index is 5.86. The molecule has 1 N–H and O–H groups in total. The van der Waals surface area contributed by atoms with Crippen LogP contribution in [-0.2, 0) is 11.2 Å². The number of nitrogens with one attached hydrogen (secondary N) is 1. The maximum Gasteiger partial charge on any atom is 0.318 e. The zero-order chi connectivity index (χ0) is 22.0. The molecule has 9 heteroatoms. The lowest BCUT2D eigenvalue weighted by Gasteiger charge is -2.28. The van der Waals surface area contributed by atoms with E-state index in [1.165, 1.54) is 0 Å². The van der Waals surface area contributed by atoms with Crippen LogP contribution >= 0.6 is 0 Å². The van der Waals surface area contributed by atoms with Gasteiger partial charge in [0.15, 0.2) is 0 Å². The Balaban J connectivity index is 1.47. The predicted octanol–water partition coefficient (Wildman–Crippen LogP) is 2.78. The van der Waals surface area contributed by atoms with E-state index in [0.29, 0.717) is 37.9 Å². The molecule has 0 spiro atoms. The van der Waals surface area contributed by atoms with Gasteiger partial charge in [-0.3, -0.25) is 10.4 Å². The monoisotopic (exact) mass is 434 g/mol. The molecule has 1 aliphatic rings. The van der Waals surface area contributed by atoms with E-state index in [9.17, 15) is 0 Å². The third kappa shape index (κ3) is 6.14. The van der Waals surface area contributed by atoms with Crippen molar-refractivity contribution in [3.8, 4) is 11.8 Å². The molecule has 1 aromatic carbocycles. The van der Waals surface area contributed by atoms with Crippen LogP contribution < -0.4 is 19.8 Å². The number of methoxy groups -OCH3 is 1. The quantitative estimate of drug-likeness (QED) is 0.406. The number of hydrogen-bond acceptors (Lipinski definition) is 9. The van der Waals surface area contributed by atoms with Gasteiger partial charge >= 0.3 is 6.01 Å². The first-order valence-corrected chi connectivity index (χ1v) is 10.5. The molecule has 1 fully saturated rings. The van der Waals surface area contributed by atoms with Gasteiger partial charge in [0.05, 0.1) is 44.5 Å². The molecular formula is C23H26N6O3. The maximum atomic E-state index is 5.86. The van der Waals surface area contributed by atoms with E-state index in [4.69, 9.17) is 14.2 Å². The Labute approximate surface area is 187 Å². The van der Waals surface area contributed by atoms with E-state index >= 15 is 0 Å². The highest BCUT2D eigenvalue weighted by atomic mass is 16.5. The summed E-state index contributed by atoms with van der Waals surface area (Å²) in [6.45, 7) is 3.30. The number of benzene rings is 1. The van der Waals surface area contributed by atoms with Crippen molar-refractivity contribution < 1.29 is 14.2 Å². The fraction of sp³-hybridized carbons (Fsp3) is 0.304. The number of hydrogen-bond donors (Lipinski definition) is 1. The Morgan fingerprint density at radius 2 is 2.03 bits per heavy atom. The average molecular weight is 435 g/mol. The highest BCUT2D eigenvalue weighted by Crippen LogP contribution is 2.18. The van der Waals surface area contributed by atoms with E-state index in [2.05, 4.69) is 30.4 Å². The van der Waals surface area contributed by atoms with E-state index < -0.39 is 0 Å². The highest BCUT2D eigenvalue weighted by Gasteiger charge is 2.15. The molecule has 1 saturated heterocycles. The molecule has 0 radical (unpaired) electrons. The largest absolute Gasteiger partial charge is 0.497 e. The van der Waals surface area contributed by atoms with Crippen LogP contribution in [-0.4, -0.2) is 61.2 Å². The first kappa shape index (κ1) is 21.5. The summed E-state index contributed by atoms with van der Waals surface area (Å²) in [6, 6.07) is 15.6. The molecular weight excluding hydrogens is 408 g/mol. The first-order valence-electron chi connectivity index (χ1n) is 10.5. The first-order chi connectivity index (χ1) is 15.8. The van der Waals surface area contributed by atoms with E-state index in [-0.39, 0.29) is 0 Å². The molecule has 4 rings (SSSR count). The third-order valence-corrected chi connectivity index (χ3v) is 4.82. The SMILES string of the molecule is COc1cccc(NN=Cc2cc(N3CCOCC3)nc(OCCc3ccccn3)n2)c1. The fourth-order valence-electron chi connectivity index (χ4n) is 3.17. The molecule has 0 saturated carbocycles. The summed E-state index contributed by atoms with van der Waals surface area (Å²) in [5.74, 6) is 1.55. The lowest BCUT2D eigenvalue weighted by molar-refractivity contribution is 0.122. The number of ether oxygens (including phenoxy) is 3. The van der Waals surface area contributed by atoms with Crippen molar-refractivity contribution in [2.75, 3.05) is 50.3 Å². The summed E-state index contributed by atoms with van der Waals surface area (Å²) in [6.07, 6.45) is 4.10. The molecule has 9 nitrogen and oxygen atoms in total. The highest BCUT2D eigenvalue weighted by molar-refractivity contribution is 5.79. The smallest absolute Gasteiger partial charge is 0.318 e. The standard InChI is InChI=1S/C23H26N6O3/c1-30-21-7-4-6-19(15-21)28-25-17-20-16-22(29-10-13-31-14-11-29)27-23(26-20)32-12-8-18-5-2-3-9-24-18/h2-7,9,15-17,28H,8,10-14H2,1H3. The molecule has 0 amide bonds. The van der Waals surface area contributed by atoms with Gasteiger partial charge in [0.25, 0.3) is 0 Å². The second-order valence-corrected chi connectivity index (χ2v) is 7.05. The number of hydrazone groups is 1. The zero-order valence-corrected chi connectivity index (χ0v) is 18.0. The molecule has 32 heavy (non-hydrogen) atoms. The number of anilines is 2. The lowest BCUT2D eigenvalue weighted by atomic mass is 10.3. The third-order valence-electron chi connectivity index (χ3n) is 4.82. The van der Waals surface area contributed by atoms with E-state index in [0.717, 1.165) is 36.0 Å². The number of nitrogens with zero attached hydrogens (tertiary/aromatic N) is 5. The van der Waals surface area contributed by atoms with Crippen LogP contribution in [0.3, 0.4) is 0 Å². The Hall–Kier alpha value is -3.72. The molecule has 2 aromatic heterocycles. The van der Waals surface area contributed by atoms with Crippen LogP contribution in [0.25, 0.3) is 0 Å². The van der Waals surface area contributed by atoms with Crippen molar-refractivity contribution >= 4 is 17.7 Å². The number of morpholine rings is 1. The number of aromatic nitrogens is 3. The van der Waals surface area contributed by atoms with Gasteiger partial charge in [-0.2, -0.15) is 15.1 Å². The van der Waals surface area contributed by atoms with Crippen LogP contribution in [0.5, 0.6) is 11.8 Å². The summed E-state index contributed by atoms with van der Waals surface area (Å²) in [5.41, 5.74) is 5.41. The Morgan fingerprint density at radius 3 is 2.84 bits per heavy atom. The minimum absolute atomic E-state index is 0.313. The summed E-state index contributed by atoms with van der Waals surface area (Å²) in [4.78, 5) is 15.6. The van der Waals surface area contributed by atoms with Gasteiger partial charge in [0.1, 0.15) is 11.6 Å². The number of pyridine rings is 1. The summed E-state index contributed by atoms with van der Waals surface area (Å²) < 4.78 is 16.6. The molecule has 166 valence electrons. The summed E-state index contributed by atoms with van der Waals surface area (Å²) >= 11 is 0. The van der Waals surface area contributed by atoms with Crippen molar-refractivity contribution in [1.29, 1.82) is 0 Å². The Kier molecular flexibility index (Phi) is 7.43. The Bertz CT molecular complexity index is 1030. The molecule has 0 bridgehead atoms. The average Bonchev–Trinajstić information content (AvgIpc) is 2.85. The van der Waals surface area contributed by atoms with Crippen molar-refractivity contribution in [2.24, 2.45) is 5.10 Å². The topological polar surface area (TPSA) is 94.0 Å². The molecule has 0 unspecified atom stereocenters. The van der Waals surface area contributed by atoms with Gasteiger partial charge in [0, 0.05) is 43.5 Å². The van der Waals surface area contributed by atoms with E-state index in [1.54, 1.807) is 19.5 Å². The van der Waals surface area contributed by atoms with Gasteiger partial charge in [-0.05, 0) is 24.3 Å². The molecule has 3 aromatic rings. The van der Waals surface area contributed by atoms with E-state index in [1.807, 2.05) is 48.5 Å². The summed E-state index contributed by atoms with van der Waals surface area (Å²) in [7, 11) is 1.63. The minimum atomic E-state index is 0.313. The minimum Gasteiger partial charge on any atom is -0.497 e. The second-order valence-electron chi connectivity index (χ2n) is 7.05. The zero-order valence-electron chi connectivity index (χ0n) is 18.0. The summed E-state index contributed by atoms with van der Waals surface area (Å²) in [5, 5.41) is 4.31. The predicted molar refractivity (Wildman–Crippen MR) is 123 cm³/mol. The fourth-order valence-corrected chi connectivity index (χ4v) is 3.17. The van der Waals surface area contributed by atoms with Gasteiger partial charge < -0.3 is 19.1 Å². The molecule has 0 atom stereocenters. The Morgan fingerprint density at radius 1 is 1.12 bits per heavy atom. The van der Waals surface area contributed by atoms with Crippen LogP contribution in [0.15, 0.2) is 59.8 Å². The van der Waals surface area contributed by atoms with Gasteiger partial charge in [-0.25, -0.2) is 0 Å². The second kappa shape index (κ2) is 11.1. The van der Waals surface area contributed by atoms with Crippen LogP contribution in [0.4, 0.5) is 11.5 Å². The van der Waals surface area contributed by atoms with Crippen molar-refractivity contribution in [3.05, 3.63) is 66.1 Å². The van der Waals surface area contributed by atoms with Crippen molar-refractivity contribution in [3.63, 3.8) is 0 Å². The van der Waals surface area contributed by atoms with Crippen LogP contribution in [0.1, 0.15) is 11.4 Å². The van der Waals surface area contributed by atoms with Crippen molar-refractivity contribution in [2.45, 2.75) is 6.42 Å². The molecule has 3 heterocycles. The van der Waals surface area contributed by atoms with Crippen molar-refractivity contribution in [1.82, 2.24) is 15.0 Å². The van der Waals surface area contributed by atoms with Crippen LogP contribution in [0, 0.1) is 0 Å². The number of rotatable bonds is 9. The van der Waals surface area contributed by atoms with Gasteiger partial charge in [-0.15, -0.1) is 0 Å². The van der Waals surface area contributed by atoms with Gasteiger partial charge in [0.2, 0.25) is 0 Å². The lowest BCUT2D eigenvalue weighted by Crippen LogP contribution is -2.37. The van der Waals surface area contributed by atoms with Gasteiger partial charge in [-0.1, -0.05) is 12.1 Å². The molecule has 1 aliphatic heterocycles. The normalized spacial score (nSPS) is 13.8.